The molecule has 18 heavy (non-hydrogen) atoms. The third-order valence-corrected chi connectivity index (χ3v) is 2.61. The molecule has 9 heteroatoms. The van der Waals surface area contributed by atoms with Gasteiger partial charge < -0.3 is 15.3 Å². The van der Waals surface area contributed by atoms with Gasteiger partial charge in [-0.3, -0.25) is 0 Å². The monoisotopic (exact) mass is 288 g/mol. The number of nitrogens with one attached hydrogen (secondary N) is 1. The van der Waals surface area contributed by atoms with E-state index in [0.29, 0.717) is 10.7 Å². The molecule has 0 heterocycles. The van der Waals surface area contributed by atoms with Crippen LogP contribution in [0.15, 0.2) is 0 Å². The van der Waals surface area contributed by atoms with Gasteiger partial charge in [-0.25, -0.2) is 9.59 Å². The Morgan fingerprint density at radius 3 is 2.39 bits per heavy atom. The molecule has 2 amide bonds. The minimum absolute atomic E-state index is 0.155. The molecule has 0 radical (unpaired) electrons. The molecule has 0 saturated carbocycles. The molecule has 0 saturated heterocycles. The summed E-state index contributed by atoms with van der Waals surface area (Å²) in [6.07, 6.45) is -2.59. The van der Waals surface area contributed by atoms with Crippen LogP contribution in [0.3, 0.4) is 0 Å². The number of carboxylic acid groups (broad SMARTS) is 1. The van der Waals surface area contributed by atoms with Crippen molar-refractivity contribution in [3.8, 4) is 0 Å². The van der Waals surface area contributed by atoms with Gasteiger partial charge in [-0.05, 0) is 18.4 Å². The van der Waals surface area contributed by atoms with Gasteiger partial charge in [0.25, 0.3) is 0 Å². The van der Waals surface area contributed by atoms with Gasteiger partial charge in [0.2, 0.25) is 0 Å². The van der Waals surface area contributed by atoms with Crippen LogP contribution in [0.4, 0.5) is 18.0 Å². The van der Waals surface area contributed by atoms with Crippen LogP contribution in [0, 0.1) is 0 Å². The van der Waals surface area contributed by atoms with Crippen LogP contribution < -0.4 is 5.32 Å². The molecule has 5 nitrogen and oxygen atoms in total. The van der Waals surface area contributed by atoms with Gasteiger partial charge in [-0.1, -0.05) is 0 Å². The Kier molecular flexibility index (Phi) is 6.89. The minimum Gasteiger partial charge on any atom is -0.480 e. The second-order valence-electron chi connectivity index (χ2n) is 3.59. The zero-order valence-electron chi connectivity index (χ0n) is 9.95. The second kappa shape index (κ2) is 7.34. The van der Waals surface area contributed by atoms with Crippen LogP contribution in [0.25, 0.3) is 0 Å². The van der Waals surface area contributed by atoms with Crippen molar-refractivity contribution in [3.63, 3.8) is 0 Å². The molecule has 0 unspecified atom stereocenters. The molecule has 0 aliphatic carbocycles. The van der Waals surface area contributed by atoms with E-state index in [1.54, 1.807) is 6.26 Å². The summed E-state index contributed by atoms with van der Waals surface area (Å²) in [6.45, 7) is -1.42. The van der Waals surface area contributed by atoms with Crippen molar-refractivity contribution in [2.75, 3.05) is 25.6 Å². The highest BCUT2D eigenvalue weighted by Crippen LogP contribution is 2.15. The summed E-state index contributed by atoms with van der Waals surface area (Å²) in [5.74, 6) is -0.780. The van der Waals surface area contributed by atoms with Crippen LogP contribution in [0.5, 0.6) is 0 Å². The quantitative estimate of drug-likeness (QED) is 0.775. The van der Waals surface area contributed by atoms with Gasteiger partial charge in [-0.15, -0.1) is 0 Å². The molecule has 0 aliphatic rings. The number of hydrogen-bond donors (Lipinski definition) is 2. The van der Waals surface area contributed by atoms with Gasteiger partial charge in [0.15, 0.2) is 0 Å². The fraction of sp³-hybridized carbons (Fsp3) is 0.778. The summed E-state index contributed by atoms with van der Waals surface area (Å²) >= 11 is 1.38. The van der Waals surface area contributed by atoms with Crippen molar-refractivity contribution in [2.45, 2.75) is 18.6 Å². The number of urea groups is 1. The largest absolute Gasteiger partial charge is 0.480 e. The van der Waals surface area contributed by atoms with Crippen molar-refractivity contribution in [1.29, 1.82) is 0 Å². The van der Waals surface area contributed by atoms with Crippen molar-refractivity contribution < 1.29 is 27.9 Å². The maximum Gasteiger partial charge on any atom is 0.406 e. The van der Waals surface area contributed by atoms with Crippen molar-refractivity contribution >= 4 is 23.8 Å². The number of alkyl halides is 3. The van der Waals surface area contributed by atoms with Crippen molar-refractivity contribution in [1.82, 2.24) is 10.2 Å². The molecule has 106 valence electrons. The molecule has 0 spiro atoms. The first-order valence-electron chi connectivity index (χ1n) is 4.97. The number of aliphatic carboxylic acids is 1. The zero-order chi connectivity index (χ0) is 14.3. The van der Waals surface area contributed by atoms with Crippen LogP contribution in [0.1, 0.15) is 6.42 Å². The number of nitrogens with zero attached hydrogens (tertiary/aromatic N) is 1. The fourth-order valence-electron chi connectivity index (χ4n) is 1.09. The summed E-state index contributed by atoms with van der Waals surface area (Å²) in [6, 6.07) is -2.23. The number of rotatable bonds is 6. The third-order valence-electron chi connectivity index (χ3n) is 1.97. The van der Waals surface area contributed by atoms with E-state index in [2.05, 4.69) is 0 Å². The van der Waals surface area contributed by atoms with Crippen LogP contribution in [0.2, 0.25) is 0 Å². The van der Waals surface area contributed by atoms with Gasteiger partial charge in [0.05, 0.1) is 0 Å². The first-order chi connectivity index (χ1) is 8.17. The SMILES string of the molecule is CSCC[C@H](NC(=O)N(C)CC(F)(F)F)C(=O)O. The van der Waals surface area contributed by atoms with Gasteiger partial charge in [0, 0.05) is 7.05 Å². The van der Waals surface area contributed by atoms with Crippen LogP contribution in [-0.4, -0.2) is 59.8 Å². The summed E-state index contributed by atoms with van der Waals surface area (Å²) in [5.41, 5.74) is 0. The molecule has 0 aromatic carbocycles. The number of carbonyl (C=O) groups is 2. The highest BCUT2D eigenvalue weighted by atomic mass is 32.2. The number of carbonyl (C=O) groups excluding carboxylic acids is 1. The standard InChI is InChI=1S/C9H15F3N2O3S/c1-14(5-9(10,11)12)8(17)13-6(7(15)16)3-4-18-2/h6H,3-5H2,1-2H3,(H,13,17)(H,15,16)/t6-/m0/s1. The maximum atomic E-state index is 12.0. The van der Waals surface area contributed by atoms with E-state index in [-0.39, 0.29) is 6.42 Å². The summed E-state index contributed by atoms with van der Waals surface area (Å²) in [5, 5.41) is 10.8. The average molecular weight is 288 g/mol. The normalized spacial score (nSPS) is 12.9. The zero-order valence-corrected chi connectivity index (χ0v) is 10.8. The smallest absolute Gasteiger partial charge is 0.406 e. The van der Waals surface area contributed by atoms with E-state index in [1.807, 2.05) is 5.32 Å². The van der Waals surface area contributed by atoms with E-state index in [1.165, 1.54) is 11.8 Å². The molecule has 0 aliphatic heterocycles. The Morgan fingerprint density at radius 1 is 1.44 bits per heavy atom. The number of carboxylic acids is 1. The molecule has 1 atom stereocenters. The Morgan fingerprint density at radius 2 is 2.00 bits per heavy atom. The van der Waals surface area contributed by atoms with Gasteiger partial charge >= 0.3 is 18.2 Å². The van der Waals surface area contributed by atoms with Gasteiger partial charge in [-0.2, -0.15) is 24.9 Å². The lowest BCUT2D eigenvalue weighted by Gasteiger charge is -2.22. The maximum absolute atomic E-state index is 12.0. The first-order valence-corrected chi connectivity index (χ1v) is 6.37. The van der Waals surface area contributed by atoms with Crippen molar-refractivity contribution in [3.05, 3.63) is 0 Å². The highest BCUT2D eigenvalue weighted by molar-refractivity contribution is 7.98. The molecule has 0 aromatic heterocycles. The Balaban J connectivity index is 4.36. The Bertz CT molecular complexity index is 299. The molecule has 2 N–H and O–H groups in total. The summed E-state index contributed by atoms with van der Waals surface area (Å²) < 4.78 is 36.1. The molecular formula is C9H15F3N2O3S. The number of thioether (sulfide) groups is 1. The third kappa shape index (κ3) is 7.25. The van der Waals surface area contributed by atoms with E-state index >= 15 is 0 Å². The minimum atomic E-state index is -4.51. The van der Waals surface area contributed by atoms with Crippen LogP contribution >= 0.6 is 11.8 Å². The van der Waals surface area contributed by atoms with Gasteiger partial charge in [0.1, 0.15) is 12.6 Å². The Hall–Kier alpha value is -1.12. The molecular weight excluding hydrogens is 273 g/mol. The van der Waals surface area contributed by atoms with E-state index in [0.717, 1.165) is 7.05 Å². The predicted molar refractivity (Wildman–Crippen MR) is 61.6 cm³/mol. The lowest BCUT2D eigenvalue weighted by molar-refractivity contribution is -0.139. The Labute approximate surface area is 107 Å². The van der Waals surface area contributed by atoms with E-state index in [9.17, 15) is 22.8 Å². The summed E-state index contributed by atoms with van der Waals surface area (Å²) in [7, 11) is 0.955. The van der Waals surface area contributed by atoms with E-state index < -0.39 is 30.8 Å². The van der Waals surface area contributed by atoms with Crippen molar-refractivity contribution in [2.24, 2.45) is 0 Å². The summed E-state index contributed by atoms with van der Waals surface area (Å²) in [4.78, 5) is 22.5. The second-order valence-corrected chi connectivity index (χ2v) is 4.58. The molecule has 0 fully saturated rings. The number of hydrogen-bond acceptors (Lipinski definition) is 3. The lowest BCUT2D eigenvalue weighted by Crippen LogP contribution is -2.49. The van der Waals surface area contributed by atoms with E-state index in [4.69, 9.17) is 5.11 Å². The average Bonchev–Trinajstić information content (AvgIpc) is 2.20. The molecule has 0 bridgehead atoms. The molecule has 0 aromatic rings. The number of halogens is 3. The molecule has 0 rings (SSSR count). The predicted octanol–water partition coefficient (Wildman–Crippen LogP) is 1.40. The fourth-order valence-corrected chi connectivity index (χ4v) is 1.56. The highest BCUT2D eigenvalue weighted by Gasteiger charge is 2.32. The number of amides is 2. The first kappa shape index (κ1) is 16.9. The lowest BCUT2D eigenvalue weighted by atomic mass is 10.2. The van der Waals surface area contributed by atoms with Crippen LogP contribution in [-0.2, 0) is 4.79 Å². The topological polar surface area (TPSA) is 69.6 Å².